The normalized spacial score (nSPS) is 20.1. The zero-order chi connectivity index (χ0) is 20.7. The molecule has 0 spiro atoms. The van der Waals surface area contributed by atoms with Gasteiger partial charge in [0.2, 0.25) is 5.17 Å². The first-order valence-electron chi connectivity index (χ1n) is 10.0. The van der Waals surface area contributed by atoms with Crippen molar-refractivity contribution in [3.05, 3.63) is 65.0 Å². The van der Waals surface area contributed by atoms with Crippen LogP contribution >= 0.6 is 11.8 Å². The molecule has 152 valence electrons. The molecular formula is C22H22N6OS. The Kier molecular flexibility index (Phi) is 4.78. The predicted octanol–water partition coefficient (Wildman–Crippen LogP) is 3.52. The van der Waals surface area contributed by atoms with Crippen molar-refractivity contribution in [2.45, 2.75) is 26.3 Å². The molecule has 1 aromatic heterocycles. The van der Waals surface area contributed by atoms with Crippen LogP contribution in [0, 0.1) is 12.3 Å². The number of fused-ring (bicyclic) bond motifs is 1. The number of amides is 1. The lowest BCUT2D eigenvalue weighted by molar-refractivity contribution is -0.114. The Morgan fingerprint density at radius 1 is 1.17 bits per heavy atom. The summed E-state index contributed by atoms with van der Waals surface area (Å²) in [5.74, 6) is -0.310. The van der Waals surface area contributed by atoms with Gasteiger partial charge in [-0.05, 0) is 55.3 Å². The minimum atomic E-state index is -0.389. The van der Waals surface area contributed by atoms with Crippen LogP contribution < -0.4 is 0 Å². The molecule has 7 nitrogen and oxygen atoms in total. The summed E-state index contributed by atoms with van der Waals surface area (Å²) in [7, 11) is 0. The lowest BCUT2D eigenvalue weighted by atomic mass is 10.1. The van der Waals surface area contributed by atoms with Crippen LogP contribution in [-0.4, -0.2) is 49.6 Å². The third-order valence-electron chi connectivity index (χ3n) is 5.41. The Morgan fingerprint density at radius 3 is 2.80 bits per heavy atom. The van der Waals surface area contributed by atoms with Gasteiger partial charge in [0.1, 0.15) is 0 Å². The molecule has 5 rings (SSSR count). The fourth-order valence-electron chi connectivity index (χ4n) is 3.88. The van der Waals surface area contributed by atoms with Crippen LogP contribution in [0.4, 0.5) is 0 Å². The molecule has 3 aliphatic heterocycles. The van der Waals surface area contributed by atoms with Crippen molar-refractivity contribution in [2.24, 2.45) is 10.1 Å². The second-order valence-corrected chi connectivity index (χ2v) is 8.58. The summed E-state index contributed by atoms with van der Waals surface area (Å²) in [6.07, 6.45) is 6.02. The van der Waals surface area contributed by atoms with Crippen molar-refractivity contribution in [1.82, 2.24) is 14.5 Å². The number of thioether (sulfide) groups is 1. The Labute approximate surface area is 179 Å². The summed E-state index contributed by atoms with van der Waals surface area (Å²) >= 11 is 1.37. The predicted molar refractivity (Wildman–Crippen MR) is 121 cm³/mol. The highest BCUT2D eigenvalue weighted by Gasteiger charge is 2.37. The van der Waals surface area contributed by atoms with Gasteiger partial charge in [-0.25, -0.2) is 0 Å². The average molecular weight is 419 g/mol. The Balaban J connectivity index is 1.42. The number of carbonyl (C=O) groups excluding carboxylic acids is 1. The maximum absolute atomic E-state index is 12.7. The number of hydrazone groups is 1. The van der Waals surface area contributed by atoms with Crippen LogP contribution in [-0.2, 0) is 11.3 Å². The molecule has 1 fully saturated rings. The van der Waals surface area contributed by atoms with Crippen molar-refractivity contribution in [3.63, 3.8) is 0 Å². The first-order chi connectivity index (χ1) is 14.6. The number of benzene rings is 1. The number of rotatable bonds is 3. The number of hydrogen-bond acceptors (Lipinski definition) is 5. The number of aliphatic imine (C=N–C) groups is 1. The molecule has 0 bridgehead atoms. The van der Waals surface area contributed by atoms with Gasteiger partial charge in [-0.2, -0.15) is 10.0 Å². The summed E-state index contributed by atoms with van der Waals surface area (Å²) in [5.41, 5.74) is 3.52. The van der Waals surface area contributed by atoms with Gasteiger partial charge in [0.15, 0.2) is 11.0 Å². The van der Waals surface area contributed by atoms with E-state index >= 15 is 0 Å². The molecule has 4 heterocycles. The van der Waals surface area contributed by atoms with Crippen LogP contribution in [0.5, 0.6) is 0 Å². The van der Waals surface area contributed by atoms with Crippen molar-refractivity contribution in [1.29, 1.82) is 5.41 Å². The van der Waals surface area contributed by atoms with E-state index in [1.165, 1.54) is 27.9 Å². The van der Waals surface area contributed by atoms with Crippen LogP contribution in [0.2, 0.25) is 0 Å². The van der Waals surface area contributed by atoms with E-state index in [-0.39, 0.29) is 17.3 Å². The number of likely N-dealkylation sites (tertiary alicyclic amines) is 1. The quantitative estimate of drug-likeness (QED) is 0.774. The van der Waals surface area contributed by atoms with Crippen molar-refractivity contribution in [3.8, 4) is 0 Å². The second-order valence-electron chi connectivity index (χ2n) is 7.65. The van der Waals surface area contributed by atoms with Crippen molar-refractivity contribution >= 4 is 39.9 Å². The lowest BCUT2D eigenvalue weighted by Crippen LogP contribution is -2.35. The molecule has 0 atom stereocenters. The Bertz CT molecular complexity index is 1120. The summed E-state index contributed by atoms with van der Waals surface area (Å²) in [4.78, 5) is 19.1. The highest BCUT2D eigenvalue weighted by Crippen LogP contribution is 2.30. The van der Waals surface area contributed by atoms with Gasteiger partial charge in [-0.3, -0.25) is 10.2 Å². The van der Waals surface area contributed by atoms with E-state index in [4.69, 9.17) is 5.41 Å². The topological polar surface area (TPSA) is 77.1 Å². The van der Waals surface area contributed by atoms with E-state index in [2.05, 4.69) is 44.7 Å². The highest BCUT2D eigenvalue weighted by molar-refractivity contribution is 8.26. The molecule has 1 aromatic carbocycles. The molecule has 0 radical (unpaired) electrons. The fraction of sp³-hybridized carbons (Fsp3) is 0.273. The van der Waals surface area contributed by atoms with E-state index in [0.29, 0.717) is 11.7 Å². The van der Waals surface area contributed by atoms with Gasteiger partial charge in [0.25, 0.3) is 5.91 Å². The minimum absolute atomic E-state index is 0.0787. The van der Waals surface area contributed by atoms with Crippen LogP contribution in [0.3, 0.4) is 0 Å². The first-order valence-corrected chi connectivity index (χ1v) is 10.9. The summed E-state index contributed by atoms with van der Waals surface area (Å²) < 4.78 is 2.07. The first kappa shape index (κ1) is 18.9. The minimum Gasteiger partial charge on any atom is -0.349 e. The van der Waals surface area contributed by atoms with E-state index in [1.54, 1.807) is 6.08 Å². The average Bonchev–Trinajstić information content (AvgIpc) is 3.46. The fourth-order valence-corrected chi connectivity index (χ4v) is 4.82. The van der Waals surface area contributed by atoms with E-state index in [9.17, 15) is 4.79 Å². The monoisotopic (exact) mass is 418 g/mol. The molecule has 0 unspecified atom stereocenters. The Morgan fingerprint density at radius 2 is 2.00 bits per heavy atom. The number of aryl methyl sites for hydroxylation is 1. The van der Waals surface area contributed by atoms with Crippen LogP contribution in [0.15, 0.2) is 58.3 Å². The number of hydrogen-bond donors (Lipinski definition) is 1. The van der Waals surface area contributed by atoms with E-state index in [1.807, 2.05) is 24.4 Å². The van der Waals surface area contributed by atoms with Gasteiger partial charge >= 0.3 is 0 Å². The molecule has 30 heavy (non-hydrogen) atoms. The molecule has 3 aliphatic rings. The van der Waals surface area contributed by atoms with Gasteiger partial charge in [-0.1, -0.05) is 29.8 Å². The third kappa shape index (κ3) is 3.47. The summed E-state index contributed by atoms with van der Waals surface area (Å²) in [5, 5.41) is 15.9. The molecule has 0 aliphatic carbocycles. The summed E-state index contributed by atoms with van der Waals surface area (Å²) in [6, 6.07) is 12.2. The molecule has 1 N–H and O–H groups in total. The van der Waals surface area contributed by atoms with Crippen LogP contribution in [0.25, 0.3) is 6.08 Å². The van der Waals surface area contributed by atoms with Gasteiger partial charge < -0.3 is 9.47 Å². The second kappa shape index (κ2) is 7.60. The number of aromatic nitrogens is 1. The van der Waals surface area contributed by atoms with E-state index < -0.39 is 0 Å². The number of nitrogens with zero attached hydrogens (tertiary/aromatic N) is 5. The number of carbonyl (C=O) groups is 1. The standard InChI is InChI=1S/C22H22N6OS/c1-15-6-4-7-16(12-15)14-27-11-5-8-17(27)13-18-19(23)28-21(24-20(18)29)30-22(25-28)26-9-2-3-10-26/h4-8,11-13,23H,2-3,9-10,14H2,1H3/b18-13+,23-19?. The van der Waals surface area contributed by atoms with Crippen LogP contribution in [0.1, 0.15) is 29.7 Å². The molecule has 8 heteroatoms. The largest absolute Gasteiger partial charge is 0.349 e. The highest BCUT2D eigenvalue weighted by atomic mass is 32.2. The molecule has 1 saturated heterocycles. The number of nitrogens with one attached hydrogen (secondary N) is 1. The lowest BCUT2D eigenvalue weighted by Gasteiger charge is -2.20. The van der Waals surface area contributed by atoms with Gasteiger partial charge in [0, 0.05) is 31.5 Å². The number of amidine groups is 3. The molecule has 1 amide bonds. The van der Waals surface area contributed by atoms with Crippen molar-refractivity contribution < 1.29 is 4.79 Å². The maximum Gasteiger partial charge on any atom is 0.283 e. The van der Waals surface area contributed by atoms with Gasteiger partial charge in [-0.15, -0.1) is 5.10 Å². The molecule has 2 aromatic rings. The smallest absolute Gasteiger partial charge is 0.283 e. The van der Waals surface area contributed by atoms with Gasteiger partial charge in [0.05, 0.1) is 5.57 Å². The molecular weight excluding hydrogens is 396 g/mol. The molecule has 0 saturated carbocycles. The van der Waals surface area contributed by atoms with Crippen molar-refractivity contribution in [2.75, 3.05) is 13.1 Å². The maximum atomic E-state index is 12.7. The SMILES string of the molecule is Cc1cccc(Cn2cccc2/C=C2\C(=N)N3N=C(N4CCCC4)SC3=NC2=O)c1. The third-order valence-corrected chi connectivity index (χ3v) is 6.38. The van der Waals surface area contributed by atoms with E-state index in [0.717, 1.165) is 36.8 Å². The zero-order valence-electron chi connectivity index (χ0n) is 16.7. The zero-order valence-corrected chi connectivity index (χ0v) is 17.5. The summed E-state index contributed by atoms with van der Waals surface area (Å²) in [6.45, 7) is 4.69. The Hall–Kier alpha value is -3.13.